The first-order valence-corrected chi connectivity index (χ1v) is 9.67. The van der Waals surface area contributed by atoms with Gasteiger partial charge in [-0.3, -0.25) is 14.5 Å². The van der Waals surface area contributed by atoms with Crippen LogP contribution in [0.3, 0.4) is 0 Å². The van der Waals surface area contributed by atoms with Crippen LogP contribution < -0.4 is 15.7 Å². The number of piperidine rings is 1. The van der Waals surface area contributed by atoms with E-state index < -0.39 is 5.66 Å². The van der Waals surface area contributed by atoms with Crippen LogP contribution in [0.2, 0.25) is 0 Å². The lowest BCUT2D eigenvalue weighted by molar-refractivity contribution is -0.131. The Morgan fingerprint density at radius 2 is 1.71 bits per heavy atom. The van der Waals surface area contributed by atoms with Gasteiger partial charge in [0.25, 0.3) is 0 Å². The van der Waals surface area contributed by atoms with Crippen molar-refractivity contribution in [1.82, 2.24) is 10.8 Å². The molecule has 2 aromatic carbocycles. The smallest absolute Gasteiger partial charge is 0.232 e. The summed E-state index contributed by atoms with van der Waals surface area (Å²) in [7, 11) is 0. The van der Waals surface area contributed by atoms with Crippen LogP contribution in [-0.2, 0) is 15.3 Å². The summed E-state index contributed by atoms with van der Waals surface area (Å²) in [5.41, 5.74) is 1.47. The van der Waals surface area contributed by atoms with Crippen molar-refractivity contribution in [3.63, 3.8) is 0 Å². The molecule has 0 bridgehead atoms. The third-order valence-electron chi connectivity index (χ3n) is 5.62. The topological polar surface area (TPSA) is 81.7 Å². The second kappa shape index (κ2) is 9.10. The molecule has 1 fully saturated rings. The van der Waals surface area contributed by atoms with Crippen molar-refractivity contribution < 1.29 is 14.8 Å². The van der Waals surface area contributed by atoms with Gasteiger partial charge in [-0.05, 0) is 44.0 Å². The highest BCUT2D eigenvalue weighted by atomic mass is 16.5. The summed E-state index contributed by atoms with van der Waals surface area (Å²) in [6.07, 6.45) is 2.39. The SMILES string of the molecule is CC(C(=O)N(c1ccccc1)C(C=O)(NO)c1ccccc1)C1CCNCC1. The number of carbonyl (C=O) groups is 2. The van der Waals surface area contributed by atoms with E-state index in [9.17, 15) is 14.8 Å². The first-order valence-electron chi connectivity index (χ1n) is 9.67. The predicted octanol–water partition coefficient (Wildman–Crippen LogP) is 2.69. The second-order valence-corrected chi connectivity index (χ2v) is 7.25. The number of amides is 1. The number of benzene rings is 2. The highest BCUT2D eigenvalue weighted by Crippen LogP contribution is 2.34. The quantitative estimate of drug-likeness (QED) is 0.390. The summed E-state index contributed by atoms with van der Waals surface area (Å²) in [5, 5.41) is 13.4. The molecule has 28 heavy (non-hydrogen) atoms. The lowest BCUT2D eigenvalue weighted by Gasteiger charge is -2.41. The van der Waals surface area contributed by atoms with Gasteiger partial charge < -0.3 is 10.5 Å². The molecule has 3 rings (SSSR count). The summed E-state index contributed by atoms with van der Waals surface area (Å²) < 4.78 is 0. The maximum absolute atomic E-state index is 13.7. The molecule has 6 nitrogen and oxygen atoms in total. The fraction of sp³-hybridized carbons (Fsp3) is 0.364. The van der Waals surface area contributed by atoms with E-state index in [1.165, 1.54) is 4.90 Å². The third kappa shape index (κ3) is 3.85. The molecule has 2 aromatic rings. The van der Waals surface area contributed by atoms with Crippen molar-refractivity contribution in [1.29, 1.82) is 0 Å². The van der Waals surface area contributed by atoms with Crippen LogP contribution in [0.5, 0.6) is 0 Å². The lowest BCUT2D eigenvalue weighted by Crippen LogP contribution is -2.61. The fourth-order valence-electron chi connectivity index (χ4n) is 3.91. The van der Waals surface area contributed by atoms with Crippen LogP contribution in [0.25, 0.3) is 0 Å². The van der Waals surface area contributed by atoms with Crippen LogP contribution in [-0.4, -0.2) is 30.5 Å². The van der Waals surface area contributed by atoms with Crippen molar-refractivity contribution in [3.8, 4) is 0 Å². The molecule has 2 atom stereocenters. The molecule has 0 aromatic heterocycles. The molecule has 1 amide bonds. The van der Waals surface area contributed by atoms with Crippen LogP contribution in [0.15, 0.2) is 60.7 Å². The van der Waals surface area contributed by atoms with Crippen molar-refractivity contribution in [2.75, 3.05) is 18.0 Å². The van der Waals surface area contributed by atoms with E-state index in [0.29, 0.717) is 17.5 Å². The average Bonchev–Trinajstić information content (AvgIpc) is 2.78. The number of nitrogens with one attached hydrogen (secondary N) is 2. The molecule has 6 heteroatoms. The molecule has 3 N–H and O–H groups in total. The van der Waals surface area contributed by atoms with E-state index in [4.69, 9.17) is 0 Å². The van der Waals surface area contributed by atoms with Gasteiger partial charge in [0.1, 0.15) is 0 Å². The largest absolute Gasteiger partial charge is 0.317 e. The van der Waals surface area contributed by atoms with Gasteiger partial charge in [-0.25, -0.2) is 0 Å². The standard InChI is InChI=1S/C22H27N3O3/c1-17(18-12-14-23-15-13-18)21(27)25(20-10-6-3-7-11-20)22(16-26,24-28)19-8-4-2-5-9-19/h2-11,16-18,23-24,28H,12-15H2,1H3. The zero-order valence-electron chi connectivity index (χ0n) is 16.0. The first-order chi connectivity index (χ1) is 13.6. The van der Waals surface area contributed by atoms with E-state index in [1.54, 1.807) is 36.4 Å². The molecule has 1 aliphatic rings. The predicted molar refractivity (Wildman–Crippen MR) is 108 cm³/mol. The molecule has 1 heterocycles. The van der Waals surface area contributed by atoms with Gasteiger partial charge in [0.2, 0.25) is 11.6 Å². The number of nitrogens with zero attached hydrogens (tertiary/aromatic N) is 1. The second-order valence-electron chi connectivity index (χ2n) is 7.25. The average molecular weight is 381 g/mol. The molecule has 1 saturated heterocycles. The van der Waals surface area contributed by atoms with Crippen molar-refractivity contribution in [2.45, 2.75) is 25.4 Å². The van der Waals surface area contributed by atoms with Crippen LogP contribution in [0.1, 0.15) is 25.3 Å². The van der Waals surface area contributed by atoms with E-state index in [0.717, 1.165) is 25.9 Å². The minimum atomic E-state index is -1.71. The highest BCUT2D eigenvalue weighted by molar-refractivity contribution is 6.00. The number of rotatable bonds is 7. The molecule has 148 valence electrons. The Labute approximate surface area is 165 Å². The number of aldehydes is 1. The van der Waals surface area contributed by atoms with Crippen molar-refractivity contribution in [3.05, 3.63) is 66.2 Å². The third-order valence-corrected chi connectivity index (χ3v) is 5.62. The summed E-state index contributed by atoms with van der Waals surface area (Å²) >= 11 is 0. The summed E-state index contributed by atoms with van der Waals surface area (Å²) in [5.74, 6) is -0.270. The van der Waals surface area contributed by atoms with E-state index >= 15 is 0 Å². The van der Waals surface area contributed by atoms with E-state index in [-0.39, 0.29) is 17.7 Å². The number of hydrogen-bond donors (Lipinski definition) is 3. The number of hydroxylamine groups is 1. The van der Waals surface area contributed by atoms with Gasteiger partial charge in [0.15, 0.2) is 6.29 Å². The van der Waals surface area contributed by atoms with Crippen molar-refractivity contribution in [2.24, 2.45) is 11.8 Å². The Hall–Kier alpha value is -2.54. The molecular formula is C22H27N3O3. The van der Waals surface area contributed by atoms with Crippen molar-refractivity contribution >= 4 is 17.9 Å². The van der Waals surface area contributed by atoms with E-state index in [1.807, 2.05) is 31.2 Å². The zero-order chi connectivity index (χ0) is 20.0. The summed E-state index contributed by atoms with van der Waals surface area (Å²) in [6, 6.07) is 17.8. The van der Waals surface area contributed by atoms with Gasteiger partial charge in [-0.2, -0.15) is 5.48 Å². The maximum Gasteiger partial charge on any atom is 0.232 e. The number of hydrogen-bond acceptors (Lipinski definition) is 5. The van der Waals surface area contributed by atoms with Gasteiger partial charge >= 0.3 is 0 Å². The molecule has 0 saturated carbocycles. The van der Waals surface area contributed by atoms with Gasteiger partial charge in [0, 0.05) is 17.2 Å². The summed E-state index contributed by atoms with van der Waals surface area (Å²) in [4.78, 5) is 27.4. The molecule has 2 unspecified atom stereocenters. The Bertz CT molecular complexity index is 778. The van der Waals surface area contributed by atoms with Crippen LogP contribution in [0.4, 0.5) is 5.69 Å². The van der Waals surface area contributed by atoms with Gasteiger partial charge in [-0.1, -0.05) is 55.5 Å². The van der Waals surface area contributed by atoms with Crippen LogP contribution >= 0.6 is 0 Å². The Kier molecular flexibility index (Phi) is 6.57. The monoisotopic (exact) mass is 381 g/mol. The maximum atomic E-state index is 13.7. The minimum Gasteiger partial charge on any atom is -0.317 e. The number of anilines is 1. The lowest BCUT2D eigenvalue weighted by atomic mass is 9.84. The molecule has 0 radical (unpaired) electrons. The molecule has 0 aliphatic carbocycles. The van der Waals surface area contributed by atoms with E-state index in [2.05, 4.69) is 10.8 Å². The molecular weight excluding hydrogens is 354 g/mol. The molecule has 0 spiro atoms. The Morgan fingerprint density at radius 3 is 2.25 bits per heavy atom. The number of carbonyl (C=O) groups excluding carboxylic acids is 2. The molecule has 1 aliphatic heterocycles. The highest BCUT2D eigenvalue weighted by Gasteiger charge is 2.44. The zero-order valence-corrected chi connectivity index (χ0v) is 16.0. The van der Waals surface area contributed by atoms with Crippen LogP contribution in [0, 0.1) is 11.8 Å². The minimum absolute atomic E-state index is 0.199. The first kappa shape index (κ1) is 20.2. The Morgan fingerprint density at radius 1 is 1.14 bits per heavy atom. The summed E-state index contributed by atoms with van der Waals surface area (Å²) in [6.45, 7) is 3.67. The fourth-order valence-corrected chi connectivity index (χ4v) is 3.91. The van der Waals surface area contributed by atoms with Gasteiger partial charge in [-0.15, -0.1) is 0 Å². The van der Waals surface area contributed by atoms with Gasteiger partial charge in [0.05, 0.1) is 0 Å². The Balaban J connectivity index is 2.08. The number of para-hydroxylation sites is 1. The normalized spacial score (nSPS) is 18.1.